The maximum Gasteiger partial charge on any atom is 0.268 e. The second kappa shape index (κ2) is 5.12. The van der Waals surface area contributed by atoms with Crippen molar-refractivity contribution in [3.63, 3.8) is 0 Å². The van der Waals surface area contributed by atoms with Crippen LogP contribution < -0.4 is 5.32 Å². The lowest BCUT2D eigenvalue weighted by Gasteiger charge is -2.00. The lowest BCUT2D eigenvalue weighted by atomic mass is 10.3. The summed E-state index contributed by atoms with van der Waals surface area (Å²) in [6.07, 6.45) is 1.49. The first-order chi connectivity index (χ1) is 8.06. The van der Waals surface area contributed by atoms with Crippen LogP contribution in [0.5, 0.6) is 0 Å². The highest BCUT2D eigenvalue weighted by Crippen LogP contribution is 2.27. The average molecular weight is 333 g/mol. The molecular weight excluding hydrogens is 326 g/mol. The molecule has 1 N–H and O–H groups in total. The number of aryl methyl sites for hydroxylation is 1. The molecule has 88 valence electrons. The number of rotatable bonds is 2. The molecule has 17 heavy (non-hydrogen) atoms. The fourth-order valence-corrected chi connectivity index (χ4v) is 2.70. The summed E-state index contributed by atoms with van der Waals surface area (Å²) in [5.41, 5.74) is 1.02. The van der Waals surface area contributed by atoms with Gasteiger partial charge in [0.25, 0.3) is 5.91 Å². The molecule has 2 aromatic rings. The quantitative estimate of drug-likeness (QED) is 0.856. The van der Waals surface area contributed by atoms with Crippen LogP contribution in [0.25, 0.3) is 0 Å². The first-order valence-corrected chi connectivity index (χ1v) is 6.61. The minimum absolute atomic E-state index is 0.199. The molecule has 0 aliphatic heterocycles. The molecule has 2 rings (SSSR count). The van der Waals surface area contributed by atoms with E-state index >= 15 is 0 Å². The molecule has 0 unspecified atom stereocenters. The smallest absolute Gasteiger partial charge is 0.268 e. The van der Waals surface area contributed by atoms with Gasteiger partial charge in [-0.3, -0.25) is 10.1 Å². The number of aromatic nitrogens is 2. The van der Waals surface area contributed by atoms with Gasteiger partial charge in [-0.25, -0.2) is 9.97 Å². The Morgan fingerprint density at radius 3 is 2.94 bits per heavy atom. The fourth-order valence-electron chi connectivity index (χ4n) is 1.13. The summed E-state index contributed by atoms with van der Waals surface area (Å²) in [7, 11) is 0. The second-order valence-electron chi connectivity index (χ2n) is 3.22. The summed E-state index contributed by atoms with van der Waals surface area (Å²) in [4.78, 5) is 20.2. The Morgan fingerprint density at radius 1 is 1.59 bits per heavy atom. The van der Waals surface area contributed by atoms with E-state index in [-0.39, 0.29) is 11.9 Å². The van der Waals surface area contributed by atoms with Gasteiger partial charge in [0.15, 0.2) is 0 Å². The van der Waals surface area contributed by atoms with Gasteiger partial charge in [-0.2, -0.15) is 0 Å². The van der Waals surface area contributed by atoms with Crippen molar-refractivity contribution in [1.82, 2.24) is 9.97 Å². The third-order valence-corrected chi connectivity index (χ3v) is 4.27. The van der Waals surface area contributed by atoms with Gasteiger partial charge >= 0.3 is 0 Å². The number of thiophene rings is 1. The van der Waals surface area contributed by atoms with E-state index in [1.807, 2.05) is 6.92 Å². The standard InChI is InChI=1S/C10H7BrClN3OS/c1-5-4-6(17-8(5)11)9(16)15-10-13-3-2-7(12)14-10/h2-4H,1H3,(H,13,14,15,16). The topological polar surface area (TPSA) is 54.9 Å². The molecule has 0 aliphatic rings. The van der Waals surface area contributed by atoms with E-state index in [0.29, 0.717) is 10.0 Å². The second-order valence-corrected chi connectivity index (χ2v) is 5.98. The first kappa shape index (κ1) is 12.5. The van der Waals surface area contributed by atoms with Crippen LogP contribution in [-0.4, -0.2) is 15.9 Å². The minimum atomic E-state index is -0.244. The van der Waals surface area contributed by atoms with Crippen LogP contribution in [0, 0.1) is 6.92 Å². The summed E-state index contributed by atoms with van der Waals surface area (Å²) in [6, 6.07) is 3.34. The number of nitrogens with one attached hydrogen (secondary N) is 1. The van der Waals surface area contributed by atoms with Crippen molar-refractivity contribution in [3.8, 4) is 0 Å². The zero-order valence-electron chi connectivity index (χ0n) is 8.70. The van der Waals surface area contributed by atoms with Crippen LogP contribution in [0.3, 0.4) is 0 Å². The van der Waals surface area contributed by atoms with Gasteiger partial charge in [-0.05, 0) is 40.5 Å². The van der Waals surface area contributed by atoms with E-state index in [1.54, 1.807) is 12.1 Å². The van der Waals surface area contributed by atoms with E-state index < -0.39 is 0 Å². The summed E-state index contributed by atoms with van der Waals surface area (Å²) >= 11 is 10.4. The van der Waals surface area contributed by atoms with Crippen molar-refractivity contribution in [2.45, 2.75) is 6.92 Å². The van der Waals surface area contributed by atoms with Gasteiger partial charge < -0.3 is 0 Å². The molecule has 0 spiro atoms. The van der Waals surface area contributed by atoms with Crippen molar-refractivity contribution in [2.75, 3.05) is 5.32 Å². The van der Waals surface area contributed by atoms with Crippen LogP contribution in [0.2, 0.25) is 5.15 Å². The summed E-state index contributed by atoms with van der Waals surface area (Å²) in [6.45, 7) is 1.92. The van der Waals surface area contributed by atoms with Gasteiger partial charge in [-0.15, -0.1) is 11.3 Å². The summed E-state index contributed by atoms with van der Waals surface area (Å²) < 4.78 is 0.940. The fraction of sp³-hybridized carbons (Fsp3) is 0.100. The van der Waals surface area contributed by atoms with E-state index in [0.717, 1.165) is 9.35 Å². The monoisotopic (exact) mass is 331 g/mol. The highest BCUT2D eigenvalue weighted by atomic mass is 79.9. The molecule has 2 aromatic heterocycles. The molecule has 4 nitrogen and oxygen atoms in total. The highest BCUT2D eigenvalue weighted by Gasteiger charge is 2.12. The Kier molecular flexibility index (Phi) is 3.76. The number of amides is 1. The van der Waals surface area contributed by atoms with Crippen LogP contribution in [0.4, 0.5) is 5.95 Å². The molecule has 0 radical (unpaired) electrons. The van der Waals surface area contributed by atoms with Gasteiger partial charge in [0.1, 0.15) is 5.15 Å². The predicted molar refractivity (Wildman–Crippen MR) is 71.8 cm³/mol. The molecule has 2 heterocycles. The molecule has 0 bridgehead atoms. The Balaban J connectivity index is 2.17. The molecule has 0 atom stereocenters. The largest absolute Gasteiger partial charge is 0.290 e. The molecule has 0 fully saturated rings. The third-order valence-electron chi connectivity index (χ3n) is 1.93. The first-order valence-electron chi connectivity index (χ1n) is 4.62. The summed E-state index contributed by atoms with van der Waals surface area (Å²) in [5, 5.41) is 2.87. The zero-order valence-corrected chi connectivity index (χ0v) is 11.9. The van der Waals surface area contributed by atoms with Gasteiger partial charge in [0.2, 0.25) is 5.95 Å². The van der Waals surface area contributed by atoms with E-state index in [9.17, 15) is 4.79 Å². The summed E-state index contributed by atoms with van der Waals surface area (Å²) in [5.74, 6) is -0.0456. The molecule has 1 amide bonds. The number of nitrogens with zero attached hydrogens (tertiary/aromatic N) is 2. The van der Waals surface area contributed by atoms with Crippen LogP contribution in [-0.2, 0) is 0 Å². The number of carbonyl (C=O) groups excluding carboxylic acids is 1. The van der Waals surface area contributed by atoms with Crippen molar-refractivity contribution in [3.05, 3.63) is 37.7 Å². The van der Waals surface area contributed by atoms with Crippen LogP contribution in [0.15, 0.2) is 22.1 Å². The average Bonchev–Trinajstić information content (AvgIpc) is 2.59. The van der Waals surface area contributed by atoms with E-state index in [1.165, 1.54) is 17.5 Å². The Labute approximate surface area is 115 Å². The predicted octanol–water partition coefficient (Wildman–Crippen LogP) is 3.51. The number of hydrogen-bond acceptors (Lipinski definition) is 4. The Bertz CT molecular complexity index is 553. The van der Waals surface area contributed by atoms with Crippen molar-refractivity contribution in [1.29, 1.82) is 0 Å². The molecule has 0 aliphatic carbocycles. The molecule has 0 saturated heterocycles. The molecule has 0 saturated carbocycles. The maximum atomic E-state index is 11.8. The minimum Gasteiger partial charge on any atom is -0.290 e. The number of hydrogen-bond donors (Lipinski definition) is 1. The molecular formula is C10H7BrClN3OS. The lowest BCUT2D eigenvalue weighted by molar-refractivity contribution is 0.102. The SMILES string of the molecule is Cc1cc(C(=O)Nc2nccc(Cl)n2)sc1Br. The third kappa shape index (κ3) is 3.02. The van der Waals surface area contributed by atoms with Crippen LogP contribution in [0.1, 0.15) is 15.2 Å². The maximum absolute atomic E-state index is 11.8. The van der Waals surface area contributed by atoms with E-state index in [2.05, 4.69) is 31.2 Å². The van der Waals surface area contributed by atoms with Gasteiger partial charge in [0.05, 0.1) is 8.66 Å². The zero-order chi connectivity index (χ0) is 12.4. The normalized spacial score (nSPS) is 10.3. The van der Waals surface area contributed by atoms with Gasteiger partial charge in [0, 0.05) is 6.20 Å². The van der Waals surface area contributed by atoms with Crippen molar-refractivity contribution >= 4 is 50.7 Å². The van der Waals surface area contributed by atoms with Gasteiger partial charge in [-0.1, -0.05) is 11.6 Å². The molecule has 7 heteroatoms. The number of anilines is 1. The number of carbonyl (C=O) groups is 1. The van der Waals surface area contributed by atoms with Crippen molar-refractivity contribution < 1.29 is 4.79 Å². The molecule has 0 aromatic carbocycles. The van der Waals surface area contributed by atoms with Crippen molar-refractivity contribution in [2.24, 2.45) is 0 Å². The lowest BCUT2D eigenvalue weighted by Crippen LogP contribution is -2.12. The van der Waals surface area contributed by atoms with E-state index in [4.69, 9.17) is 11.6 Å². The van der Waals surface area contributed by atoms with Crippen LogP contribution >= 0.6 is 38.9 Å². The Morgan fingerprint density at radius 2 is 2.35 bits per heavy atom. The highest BCUT2D eigenvalue weighted by molar-refractivity contribution is 9.11. The number of halogens is 2. The Hall–Kier alpha value is -0.980.